The molecule has 0 radical (unpaired) electrons. The molecule has 1 atom stereocenters. The highest BCUT2D eigenvalue weighted by Gasteiger charge is 2.37. The number of aryl methyl sites for hydroxylation is 1. The fourth-order valence-electron chi connectivity index (χ4n) is 3.05. The molecule has 3 rings (SSSR count). The van der Waals surface area contributed by atoms with Crippen molar-refractivity contribution in [1.29, 1.82) is 0 Å². The van der Waals surface area contributed by atoms with Crippen molar-refractivity contribution in [3.8, 4) is 0 Å². The molecule has 0 fully saturated rings. The van der Waals surface area contributed by atoms with Gasteiger partial charge in [-0.1, -0.05) is 53.4 Å². The average molecular weight is 441 g/mol. The SMILES string of the molecule is CCC(C)(C)NC(=O)[C@@H](c1ccc(C)cc1)N(C(=O)c1csnn1)c1ccccc1F. The molecule has 31 heavy (non-hydrogen) atoms. The molecule has 3 aromatic rings. The minimum absolute atomic E-state index is 0.00414. The average Bonchev–Trinajstić information content (AvgIpc) is 3.28. The van der Waals surface area contributed by atoms with E-state index in [2.05, 4.69) is 14.9 Å². The number of halogens is 1. The molecule has 1 heterocycles. The summed E-state index contributed by atoms with van der Waals surface area (Å²) >= 11 is 1.01. The number of amides is 2. The van der Waals surface area contributed by atoms with Gasteiger partial charge in [-0.25, -0.2) is 4.39 Å². The van der Waals surface area contributed by atoms with Crippen LogP contribution in [0, 0.1) is 12.7 Å². The number of anilines is 1. The standard InChI is InChI=1S/C23H25FN4O2S/c1-5-23(3,4)25-21(29)20(16-12-10-15(2)11-13-16)28(19-9-7-6-8-17(19)24)22(30)18-14-31-27-26-18/h6-14,20H,5H2,1-4H3,(H,25,29)/t20-/m1/s1. The van der Waals surface area contributed by atoms with E-state index in [9.17, 15) is 14.0 Å². The van der Waals surface area contributed by atoms with Crippen LogP contribution in [0.2, 0.25) is 0 Å². The Hall–Kier alpha value is -3.13. The highest BCUT2D eigenvalue weighted by atomic mass is 32.1. The predicted molar refractivity (Wildman–Crippen MR) is 120 cm³/mol. The van der Waals surface area contributed by atoms with Crippen molar-refractivity contribution in [2.24, 2.45) is 0 Å². The Morgan fingerprint density at radius 2 is 1.84 bits per heavy atom. The number of hydrogen-bond acceptors (Lipinski definition) is 5. The summed E-state index contributed by atoms with van der Waals surface area (Å²) in [7, 11) is 0. The molecule has 0 aliphatic carbocycles. The minimum Gasteiger partial charge on any atom is -0.349 e. The van der Waals surface area contributed by atoms with Gasteiger partial charge in [-0.2, -0.15) is 0 Å². The molecule has 2 amide bonds. The summed E-state index contributed by atoms with van der Waals surface area (Å²) in [5, 5.41) is 8.34. The number of carbonyl (C=O) groups is 2. The predicted octanol–water partition coefficient (Wildman–Crippen LogP) is 4.68. The first-order chi connectivity index (χ1) is 14.7. The number of aromatic nitrogens is 2. The lowest BCUT2D eigenvalue weighted by Gasteiger charge is -2.34. The van der Waals surface area contributed by atoms with Crippen LogP contribution in [-0.4, -0.2) is 26.9 Å². The van der Waals surface area contributed by atoms with E-state index in [4.69, 9.17) is 0 Å². The van der Waals surface area contributed by atoms with Crippen molar-refractivity contribution < 1.29 is 14.0 Å². The van der Waals surface area contributed by atoms with Crippen molar-refractivity contribution in [1.82, 2.24) is 14.9 Å². The number of nitrogens with zero attached hydrogens (tertiary/aromatic N) is 3. The molecule has 0 saturated heterocycles. The van der Waals surface area contributed by atoms with Crippen molar-refractivity contribution in [3.05, 3.63) is 76.5 Å². The first-order valence-corrected chi connectivity index (χ1v) is 10.8. The van der Waals surface area contributed by atoms with Crippen LogP contribution < -0.4 is 10.2 Å². The Morgan fingerprint density at radius 1 is 1.16 bits per heavy atom. The van der Waals surface area contributed by atoms with E-state index in [1.165, 1.54) is 23.6 Å². The molecule has 0 aliphatic heterocycles. The third-order valence-electron chi connectivity index (χ3n) is 5.16. The number of hydrogen-bond donors (Lipinski definition) is 1. The van der Waals surface area contributed by atoms with Crippen molar-refractivity contribution in [2.45, 2.75) is 45.7 Å². The smallest absolute Gasteiger partial charge is 0.280 e. The van der Waals surface area contributed by atoms with E-state index in [-0.39, 0.29) is 11.4 Å². The third-order valence-corrected chi connectivity index (χ3v) is 5.66. The minimum atomic E-state index is -1.10. The Morgan fingerprint density at radius 3 is 2.42 bits per heavy atom. The number of rotatable bonds is 7. The normalized spacial score (nSPS) is 12.3. The Labute approximate surface area is 185 Å². The van der Waals surface area contributed by atoms with Gasteiger partial charge in [-0.05, 0) is 56.4 Å². The molecule has 0 saturated carbocycles. The lowest BCUT2D eigenvalue weighted by molar-refractivity contribution is -0.124. The summed E-state index contributed by atoms with van der Waals surface area (Å²) in [6, 6.07) is 12.1. The third kappa shape index (κ3) is 5.14. The van der Waals surface area contributed by atoms with E-state index in [0.29, 0.717) is 12.0 Å². The zero-order valence-corrected chi connectivity index (χ0v) is 18.7. The van der Waals surface area contributed by atoms with Gasteiger partial charge in [0.1, 0.15) is 11.9 Å². The zero-order chi connectivity index (χ0) is 22.6. The van der Waals surface area contributed by atoms with Gasteiger partial charge in [0, 0.05) is 10.9 Å². The molecule has 1 aromatic heterocycles. The second kappa shape index (κ2) is 9.34. The lowest BCUT2D eigenvalue weighted by Crippen LogP contribution is -2.50. The van der Waals surface area contributed by atoms with Crippen LogP contribution in [-0.2, 0) is 4.79 Å². The summed E-state index contributed by atoms with van der Waals surface area (Å²) < 4.78 is 18.6. The maximum Gasteiger partial charge on any atom is 0.280 e. The number of benzene rings is 2. The van der Waals surface area contributed by atoms with E-state index in [0.717, 1.165) is 22.0 Å². The fraction of sp³-hybridized carbons (Fsp3) is 0.304. The van der Waals surface area contributed by atoms with E-state index < -0.39 is 29.2 Å². The summed E-state index contributed by atoms with van der Waals surface area (Å²) in [6.07, 6.45) is 0.684. The van der Waals surface area contributed by atoms with Gasteiger partial charge in [0.2, 0.25) is 5.91 Å². The van der Waals surface area contributed by atoms with Crippen molar-refractivity contribution in [3.63, 3.8) is 0 Å². The molecule has 0 aliphatic rings. The quantitative estimate of drug-likeness (QED) is 0.579. The van der Waals surface area contributed by atoms with Gasteiger partial charge in [-0.15, -0.1) is 5.10 Å². The second-order valence-corrected chi connectivity index (χ2v) is 8.57. The lowest BCUT2D eigenvalue weighted by atomic mass is 9.97. The maximum atomic E-state index is 14.9. The van der Waals surface area contributed by atoms with Gasteiger partial charge in [-0.3, -0.25) is 14.5 Å². The van der Waals surface area contributed by atoms with Gasteiger partial charge >= 0.3 is 0 Å². The summed E-state index contributed by atoms with van der Waals surface area (Å²) in [5.74, 6) is -1.62. The second-order valence-electron chi connectivity index (χ2n) is 7.96. The van der Waals surface area contributed by atoms with Crippen LogP contribution >= 0.6 is 11.5 Å². The van der Waals surface area contributed by atoms with Crippen molar-refractivity contribution >= 4 is 29.0 Å². The molecule has 0 bridgehead atoms. The van der Waals surface area contributed by atoms with Crippen molar-refractivity contribution in [2.75, 3.05) is 4.90 Å². The first-order valence-electron chi connectivity index (χ1n) is 9.97. The van der Waals surface area contributed by atoms with Crippen LogP contribution in [0.1, 0.15) is 54.8 Å². The monoisotopic (exact) mass is 440 g/mol. The van der Waals surface area contributed by atoms with Crippen LogP contribution in [0.15, 0.2) is 53.9 Å². The van der Waals surface area contributed by atoms with Gasteiger partial charge in [0.15, 0.2) is 5.69 Å². The summed E-state index contributed by atoms with van der Waals surface area (Å²) in [4.78, 5) is 28.2. The van der Waals surface area contributed by atoms with Gasteiger partial charge in [0.25, 0.3) is 5.91 Å². The molecule has 6 nitrogen and oxygen atoms in total. The van der Waals surface area contributed by atoms with Crippen LogP contribution in [0.5, 0.6) is 0 Å². The first kappa shape index (κ1) is 22.6. The van der Waals surface area contributed by atoms with E-state index >= 15 is 0 Å². The molecule has 8 heteroatoms. The topological polar surface area (TPSA) is 75.2 Å². The molecule has 0 spiro atoms. The van der Waals surface area contributed by atoms with E-state index in [1.807, 2.05) is 39.8 Å². The highest BCUT2D eigenvalue weighted by molar-refractivity contribution is 7.03. The van der Waals surface area contributed by atoms with Crippen LogP contribution in [0.25, 0.3) is 0 Å². The van der Waals surface area contributed by atoms with Gasteiger partial charge in [0.05, 0.1) is 5.69 Å². The molecular formula is C23H25FN4O2S. The zero-order valence-electron chi connectivity index (χ0n) is 17.9. The summed E-state index contributed by atoms with van der Waals surface area (Å²) in [5.41, 5.74) is 1.11. The number of nitrogens with one attached hydrogen (secondary N) is 1. The van der Waals surface area contributed by atoms with Crippen LogP contribution in [0.4, 0.5) is 10.1 Å². The van der Waals surface area contributed by atoms with Gasteiger partial charge < -0.3 is 5.32 Å². The van der Waals surface area contributed by atoms with Crippen LogP contribution in [0.3, 0.4) is 0 Å². The number of para-hydroxylation sites is 1. The summed E-state index contributed by atoms with van der Waals surface area (Å²) in [6.45, 7) is 7.69. The highest BCUT2D eigenvalue weighted by Crippen LogP contribution is 2.32. The largest absolute Gasteiger partial charge is 0.349 e. The molecule has 0 unspecified atom stereocenters. The molecular weight excluding hydrogens is 415 g/mol. The van der Waals surface area contributed by atoms with E-state index in [1.54, 1.807) is 18.2 Å². The Kier molecular flexibility index (Phi) is 6.80. The molecule has 2 aromatic carbocycles. The maximum absolute atomic E-state index is 14.9. The Bertz CT molecular complexity index is 1050. The Balaban J connectivity index is 2.19. The molecule has 162 valence electrons. The number of carbonyl (C=O) groups excluding carboxylic acids is 2. The fourth-order valence-corrected chi connectivity index (χ4v) is 3.48. The molecule has 1 N–H and O–H groups in total.